The smallest absolute Gasteiger partial charge is 0.240 e. The standard InChI is InChI=1S/C8H11N3O2S/c1-5(12)6-4-14-8(10-6)11-7(13)3-9-2/h4,9H,3H2,1-2H3,(H,10,11,13). The van der Waals surface area contributed by atoms with E-state index in [-0.39, 0.29) is 18.2 Å². The molecule has 0 spiro atoms. The van der Waals surface area contributed by atoms with Gasteiger partial charge in [0.15, 0.2) is 10.9 Å². The van der Waals surface area contributed by atoms with Crippen molar-refractivity contribution in [1.29, 1.82) is 0 Å². The van der Waals surface area contributed by atoms with Gasteiger partial charge in [0.2, 0.25) is 5.91 Å². The molecule has 1 aromatic heterocycles. The molecule has 0 aromatic carbocycles. The van der Waals surface area contributed by atoms with Crippen LogP contribution in [0.25, 0.3) is 0 Å². The second-order valence-corrected chi connectivity index (χ2v) is 3.53. The molecular weight excluding hydrogens is 202 g/mol. The summed E-state index contributed by atoms with van der Waals surface area (Å²) in [5, 5.41) is 7.36. The molecule has 0 unspecified atom stereocenters. The molecule has 0 fully saturated rings. The molecule has 1 amide bonds. The molecule has 1 heterocycles. The molecule has 76 valence electrons. The first kappa shape index (κ1) is 10.8. The Morgan fingerprint density at radius 3 is 2.79 bits per heavy atom. The van der Waals surface area contributed by atoms with Crippen molar-refractivity contribution in [2.24, 2.45) is 0 Å². The van der Waals surface area contributed by atoms with Crippen LogP contribution in [-0.4, -0.2) is 30.3 Å². The van der Waals surface area contributed by atoms with Crippen molar-refractivity contribution < 1.29 is 9.59 Å². The van der Waals surface area contributed by atoms with Gasteiger partial charge >= 0.3 is 0 Å². The molecule has 0 atom stereocenters. The fourth-order valence-corrected chi connectivity index (χ4v) is 1.58. The molecule has 0 radical (unpaired) electrons. The highest BCUT2D eigenvalue weighted by atomic mass is 32.1. The third kappa shape index (κ3) is 2.90. The van der Waals surface area contributed by atoms with Gasteiger partial charge in [0, 0.05) is 12.3 Å². The minimum absolute atomic E-state index is 0.102. The number of hydrogen-bond acceptors (Lipinski definition) is 5. The summed E-state index contributed by atoms with van der Waals surface area (Å²) in [6.45, 7) is 1.67. The Bertz CT molecular complexity index is 348. The maximum Gasteiger partial charge on any atom is 0.240 e. The average molecular weight is 213 g/mol. The van der Waals surface area contributed by atoms with Crippen LogP contribution >= 0.6 is 11.3 Å². The van der Waals surface area contributed by atoms with Gasteiger partial charge in [-0.2, -0.15) is 0 Å². The Kier molecular flexibility index (Phi) is 3.73. The van der Waals surface area contributed by atoms with E-state index in [4.69, 9.17) is 0 Å². The van der Waals surface area contributed by atoms with Gasteiger partial charge in [0.1, 0.15) is 5.69 Å². The molecule has 14 heavy (non-hydrogen) atoms. The lowest BCUT2D eigenvalue weighted by Gasteiger charge is -1.98. The van der Waals surface area contributed by atoms with E-state index in [9.17, 15) is 9.59 Å². The van der Waals surface area contributed by atoms with Gasteiger partial charge in [-0.25, -0.2) is 4.98 Å². The van der Waals surface area contributed by atoms with Crippen LogP contribution in [-0.2, 0) is 4.79 Å². The molecule has 0 saturated heterocycles. The van der Waals surface area contributed by atoms with E-state index >= 15 is 0 Å². The number of carbonyl (C=O) groups excluding carboxylic acids is 2. The number of carbonyl (C=O) groups is 2. The van der Waals surface area contributed by atoms with Gasteiger partial charge in [-0.15, -0.1) is 11.3 Å². The lowest BCUT2D eigenvalue weighted by molar-refractivity contribution is -0.115. The molecule has 2 N–H and O–H groups in total. The predicted octanol–water partition coefficient (Wildman–Crippen LogP) is 0.504. The fraction of sp³-hybridized carbons (Fsp3) is 0.375. The number of nitrogens with one attached hydrogen (secondary N) is 2. The summed E-state index contributed by atoms with van der Waals surface area (Å²) in [6.07, 6.45) is 0. The third-order valence-electron chi connectivity index (χ3n) is 1.45. The van der Waals surface area contributed by atoms with Gasteiger partial charge in [-0.1, -0.05) is 0 Å². The summed E-state index contributed by atoms with van der Waals surface area (Å²) in [7, 11) is 1.68. The van der Waals surface area contributed by atoms with Gasteiger partial charge in [-0.05, 0) is 7.05 Å². The Hall–Kier alpha value is -1.27. The molecule has 5 nitrogen and oxygen atoms in total. The normalized spacial score (nSPS) is 9.86. The largest absolute Gasteiger partial charge is 0.311 e. The lowest BCUT2D eigenvalue weighted by Crippen LogP contribution is -2.25. The number of anilines is 1. The van der Waals surface area contributed by atoms with Gasteiger partial charge < -0.3 is 10.6 Å². The number of Topliss-reactive ketones (excluding diaryl/α,β-unsaturated/α-hetero) is 1. The fourth-order valence-electron chi connectivity index (χ4n) is 0.817. The van der Waals surface area contributed by atoms with E-state index in [0.29, 0.717) is 10.8 Å². The van der Waals surface area contributed by atoms with Crippen LogP contribution in [0.3, 0.4) is 0 Å². The van der Waals surface area contributed by atoms with Crippen LogP contribution in [0.2, 0.25) is 0 Å². The quantitative estimate of drug-likeness (QED) is 0.715. The molecule has 6 heteroatoms. The minimum Gasteiger partial charge on any atom is -0.311 e. The van der Waals surface area contributed by atoms with E-state index in [1.165, 1.54) is 18.3 Å². The highest BCUT2D eigenvalue weighted by Gasteiger charge is 2.07. The summed E-state index contributed by atoms with van der Waals surface area (Å²) in [6, 6.07) is 0. The minimum atomic E-state index is -0.169. The monoisotopic (exact) mass is 213 g/mol. The summed E-state index contributed by atoms with van der Waals surface area (Å²) >= 11 is 1.24. The summed E-state index contributed by atoms with van der Waals surface area (Å²) < 4.78 is 0. The van der Waals surface area contributed by atoms with Crippen molar-refractivity contribution in [1.82, 2.24) is 10.3 Å². The number of hydrogen-bond donors (Lipinski definition) is 2. The van der Waals surface area contributed by atoms with Crippen LogP contribution in [0.4, 0.5) is 5.13 Å². The number of amides is 1. The first-order chi connectivity index (χ1) is 6.63. The van der Waals surface area contributed by atoms with Gasteiger partial charge in [-0.3, -0.25) is 9.59 Å². The SMILES string of the molecule is CNCC(=O)Nc1nc(C(C)=O)cs1. The highest BCUT2D eigenvalue weighted by molar-refractivity contribution is 7.14. The first-order valence-corrected chi connectivity index (χ1v) is 4.92. The van der Waals surface area contributed by atoms with Gasteiger partial charge in [0.05, 0.1) is 6.54 Å². The van der Waals surface area contributed by atoms with E-state index in [1.54, 1.807) is 12.4 Å². The van der Waals surface area contributed by atoms with Crippen LogP contribution < -0.4 is 10.6 Å². The molecule has 0 aliphatic heterocycles. The van der Waals surface area contributed by atoms with Crippen LogP contribution in [0, 0.1) is 0 Å². The predicted molar refractivity (Wildman–Crippen MR) is 54.7 cm³/mol. The third-order valence-corrected chi connectivity index (χ3v) is 2.21. The lowest BCUT2D eigenvalue weighted by atomic mass is 10.4. The van der Waals surface area contributed by atoms with Gasteiger partial charge in [0.25, 0.3) is 0 Å². The van der Waals surface area contributed by atoms with E-state index in [1.807, 2.05) is 0 Å². The molecule has 1 aromatic rings. The topological polar surface area (TPSA) is 71.1 Å². The van der Waals surface area contributed by atoms with Crippen LogP contribution in [0.15, 0.2) is 5.38 Å². The zero-order chi connectivity index (χ0) is 10.6. The number of nitrogens with zero attached hydrogens (tertiary/aromatic N) is 1. The summed E-state index contributed by atoms with van der Waals surface area (Å²) in [4.78, 5) is 25.9. The Labute approximate surface area is 85.5 Å². The molecule has 1 rings (SSSR count). The van der Waals surface area contributed by atoms with E-state index < -0.39 is 0 Å². The average Bonchev–Trinajstić information content (AvgIpc) is 2.53. The number of likely N-dealkylation sites (N-methyl/N-ethyl adjacent to an activating group) is 1. The van der Waals surface area contributed by atoms with Crippen molar-refractivity contribution in [3.05, 3.63) is 11.1 Å². The van der Waals surface area contributed by atoms with Crippen LogP contribution in [0.5, 0.6) is 0 Å². The first-order valence-electron chi connectivity index (χ1n) is 4.04. The van der Waals surface area contributed by atoms with Crippen molar-refractivity contribution >= 4 is 28.2 Å². The highest BCUT2D eigenvalue weighted by Crippen LogP contribution is 2.15. The maximum atomic E-state index is 11.1. The van der Waals surface area contributed by atoms with Crippen molar-refractivity contribution in [2.75, 3.05) is 18.9 Å². The summed E-state index contributed by atoms with van der Waals surface area (Å²) in [5.74, 6) is -0.271. The number of aromatic nitrogens is 1. The second kappa shape index (κ2) is 4.83. The molecule has 0 saturated carbocycles. The molecule has 0 bridgehead atoms. The zero-order valence-electron chi connectivity index (χ0n) is 7.96. The molecule has 0 aliphatic carbocycles. The van der Waals surface area contributed by atoms with Crippen molar-refractivity contribution in [2.45, 2.75) is 6.92 Å². The zero-order valence-corrected chi connectivity index (χ0v) is 8.77. The van der Waals surface area contributed by atoms with Crippen molar-refractivity contribution in [3.8, 4) is 0 Å². The van der Waals surface area contributed by atoms with Crippen molar-refractivity contribution in [3.63, 3.8) is 0 Å². The number of thiazole rings is 1. The maximum absolute atomic E-state index is 11.1. The van der Waals surface area contributed by atoms with E-state index in [0.717, 1.165) is 0 Å². The van der Waals surface area contributed by atoms with E-state index in [2.05, 4.69) is 15.6 Å². The molecule has 0 aliphatic rings. The Morgan fingerprint density at radius 2 is 2.29 bits per heavy atom. The number of rotatable bonds is 4. The summed E-state index contributed by atoms with van der Waals surface area (Å²) in [5.41, 5.74) is 0.384. The number of ketones is 1. The Balaban J connectivity index is 2.59. The Morgan fingerprint density at radius 1 is 1.57 bits per heavy atom. The molecular formula is C8H11N3O2S. The van der Waals surface area contributed by atoms with Crippen LogP contribution in [0.1, 0.15) is 17.4 Å². The second-order valence-electron chi connectivity index (χ2n) is 2.67.